The van der Waals surface area contributed by atoms with E-state index >= 15 is 0 Å². The summed E-state index contributed by atoms with van der Waals surface area (Å²) < 4.78 is 0. The van der Waals surface area contributed by atoms with Crippen molar-refractivity contribution >= 4 is 23.3 Å². The Hall–Kier alpha value is -2.25. The minimum Gasteiger partial charge on any atom is -0.339 e. The van der Waals surface area contributed by atoms with E-state index in [0.29, 0.717) is 23.8 Å². The number of nitrogens with one attached hydrogen (secondary N) is 1. The van der Waals surface area contributed by atoms with Crippen molar-refractivity contribution in [2.75, 3.05) is 51.1 Å². The Morgan fingerprint density at radius 3 is 2.28 bits per heavy atom. The summed E-state index contributed by atoms with van der Waals surface area (Å²) in [7, 11) is 0. The average Bonchev–Trinajstić information content (AvgIpc) is 2.70. The Bertz CT molecular complexity index is 743. The highest BCUT2D eigenvalue weighted by molar-refractivity contribution is 6.04. The second-order valence-electron chi connectivity index (χ2n) is 8.13. The molecule has 2 saturated heterocycles. The molecule has 1 N–H and O–H groups in total. The van der Waals surface area contributed by atoms with Crippen LogP contribution < -0.4 is 5.32 Å². The van der Waals surface area contributed by atoms with Gasteiger partial charge >= 0.3 is 0 Å². The van der Waals surface area contributed by atoms with Crippen LogP contribution in [0.3, 0.4) is 0 Å². The summed E-state index contributed by atoms with van der Waals surface area (Å²) in [4.78, 5) is 43.0. The van der Waals surface area contributed by atoms with Gasteiger partial charge in [0.2, 0.25) is 11.8 Å². The molecule has 2 aliphatic rings. The second-order valence-corrected chi connectivity index (χ2v) is 8.13. The zero-order valence-corrected chi connectivity index (χ0v) is 17.5. The summed E-state index contributed by atoms with van der Waals surface area (Å²) >= 11 is 0. The fraction of sp³-hybridized carbons (Fsp3) is 0.591. The number of ketones is 1. The predicted molar refractivity (Wildman–Crippen MR) is 113 cm³/mol. The zero-order chi connectivity index (χ0) is 20.8. The molecule has 1 aromatic rings. The molecular weight excluding hydrogens is 368 g/mol. The van der Waals surface area contributed by atoms with E-state index in [0.717, 1.165) is 45.6 Å². The molecule has 0 radical (unpaired) electrons. The average molecular weight is 401 g/mol. The molecule has 1 aromatic carbocycles. The number of carbonyl (C=O) groups excluding carboxylic acids is 3. The first kappa shape index (κ1) is 21.5. The van der Waals surface area contributed by atoms with Gasteiger partial charge < -0.3 is 10.2 Å². The normalized spacial score (nSPS) is 21.0. The lowest BCUT2D eigenvalue weighted by Gasteiger charge is -2.37. The Kier molecular flexibility index (Phi) is 7.39. The van der Waals surface area contributed by atoms with Gasteiger partial charge in [-0.2, -0.15) is 0 Å². The Labute approximate surface area is 173 Å². The molecule has 2 fully saturated rings. The maximum Gasteiger partial charge on any atom is 0.238 e. The fourth-order valence-corrected chi connectivity index (χ4v) is 4.15. The number of anilines is 1. The highest BCUT2D eigenvalue weighted by atomic mass is 16.2. The number of piperidine rings is 1. The lowest BCUT2D eigenvalue weighted by atomic mass is 10.0. The molecule has 7 nitrogen and oxygen atoms in total. The molecule has 29 heavy (non-hydrogen) atoms. The van der Waals surface area contributed by atoms with Crippen LogP contribution in [-0.4, -0.2) is 84.2 Å². The number of rotatable bonds is 6. The summed E-state index contributed by atoms with van der Waals surface area (Å²) in [6.07, 6.45) is 3.41. The van der Waals surface area contributed by atoms with Crippen LogP contribution >= 0.6 is 0 Å². The third kappa shape index (κ3) is 5.87. The van der Waals surface area contributed by atoms with E-state index in [1.165, 1.54) is 13.3 Å². The summed E-state index contributed by atoms with van der Waals surface area (Å²) in [6, 6.07) is 7.41. The number of benzene rings is 1. The first-order valence-corrected chi connectivity index (χ1v) is 10.6. The van der Waals surface area contributed by atoms with Crippen LogP contribution in [0.15, 0.2) is 24.3 Å². The molecule has 0 unspecified atom stereocenters. The van der Waals surface area contributed by atoms with Crippen molar-refractivity contribution in [2.45, 2.75) is 39.2 Å². The smallest absolute Gasteiger partial charge is 0.238 e. The SMILES string of the molecule is CC(=O)c1ccccc1NC(=O)CN1CCN(CC(=O)N2CCCC[C@@H]2C)CC1. The summed E-state index contributed by atoms with van der Waals surface area (Å²) in [5.41, 5.74) is 1.08. The first-order chi connectivity index (χ1) is 13.9. The quantitative estimate of drug-likeness (QED) is 0.738. The van der Waals surface area contributed by atoms with Crippen molar-refractivity contribution in [1.29, 1.82) is 0 Å². The predicted octanol–water partition coefficient (Wildman–Crippen LogP) is 1.85. The fourth-order valence-electron chi connectivity index (χ4n) is 4.15. The number of para-hydroxylation sites is 1. The van der Waals surface area contributed by atoms with Gasteiger partial charge in [-0.25, -0.2) is 0 Å². The van der Waals surface area contributed by atoms with E-state index in [1.807, 2.05) is 4.90 Å². The maximum absolute atomic E-state index is 12.6. The molecule has 0 aromatic heterocycles. The lowest BCUT2D eigenvalue weighted by Crippen LogP contribution is -2.53. The van der Waals surface area contributed by atoms with Gasteiger partial charge in [-0.15, -0.1) is 0 Å². The topological polar surface area (TPSA) is 73.0 Å². The van der Waals surface area contributed by atoms with Gasteiger partial charge in [0.15, 0.2) is 5.78 Å². The Balaban J connectivity index is 1.43. The maximum atomic E-state index is 12.6. The van der Waals surface area contributed by atoms with Crippen molar-refractivity contribution < 1.29 is 14.4 Å². The number of hydrogen-bond acceptors (Lipinski definition) is 5. The van der Waals surface area contributed by atoms with Crippen molar-refractivity contribution in [3.8, 4) is 0 Å². The highest BCUT2D eigenvalue weighted by Gasteiger charge is 2.26. The molecule has 0 bridgehead atoms. The van der Waals surface area contributed by atoms with E-state index in [-0.39, 0.29) is 24.1 Å². The molecule has 2 aliphatic heterocycles. The van der Waals surface area contributed by atoms with Crippen LogP contribution in [0.1, 0.15) is 43.5 Å². The van der Waals surface area contributed by atoms with E-state index in [2.05, 4.69) is 22.0 Å². The largest absolute Gasteiger partial charge is 0.339 e. The van der Waals surface area contributed by atoms with Crippen LogP contribution in [0, 0.1) is 0 Å². The monoisotopic (exact) mass is 400 g/mol. The Morgan fingerprint density at radius 2 is 1.62 bits per heavy atom. The van der Waals surface area contributed by atoms with Crippen LogP contribution in [0.4, 0.5) is 5.69 Å². The second kappa shape index (κ2) is 9.98. The van der Waals surface area contributed by atoms with Crippen LogP contribution in [0.25, 0.3) is 0 Å². The standard InChI is InChI=1S/C22H32N4O3/c1-17-7-5-6-10-26(17)22(29)16-25-13-11-24(12-14-25)15-21(28)23-20-9-4-3-8-19(20)18(2)27/h3-4,8-9,17H,5-7,10-16H2,1-2H3,(H,23,28)/t17-/m0/s1. The molecule has 7 heteroatoms. The van der Waals surface area contributed by atoms with Crippen LogP contribution in [-0.2, 0) is 9.59 Å². The van der Waals surface area contributed by atoms with Gasteiger partial charge in [0, 0.05) is 44.3 Å². The van der Waals surface area contributed by atoms with E-state index < -0.39 is 0 Å². The number of Topliss-reactive ketones (excluding diaryl/α,β-unsaturated/α-hetero) is 1. The highest BCUT2D eigenvalue weighted by Crippen LogP contribution is 2.17. The minimum atomic E-state index is -0.120. The van der Waals surface area contributed by atoms with E-state index in [9.17, 15) is 14.4 Å². The first-order valence-electron chi connectivity index (χ1n) is 10.6. The summed E-state index contributed by atoms with van der Waals surface area (Å²) in [6.45, 7) is 8.34. The molecule has 2 heterocycles. The van der Waals surface area contributed by atoms with E-state index in [1.54, 1.807) is 24.3 Å². The summed E-state index contributed by atoms with van der Waals surface area (Å²) in [5, 5.41) is 2.85. The van der Waals surface area contributed by atoms with Crippen LogP contribution in [0.2, 0.25) is 0 Å². The molecule has 0 aliphatic carbocycles. The van der Waals surface area contributed by atoms with Gasteiger partial charge in [-0.3, -0.25) is 24.2 Å². The van der Waals surface area contributed by atoms with Crippen molar-refractivity contribution in [3.63, 3.8) is 0 Å². The van der Waals surface area contributed by atoms with Crippen LogP contribution in [0.5, 0.6) is 0 Å². The molecule has 1 atom stereocenters. The molecule has 158 valence electrons. The van der Waals surface area contributed by atoms with Gasteiger partial charge in [0.05, 0.1) is 18.8 Å². The van der Waals surface area contributed by atoms with E-state index in [4.69, 9.17) is 0 Å². The number of piperazine rings is 1. The van der Waals surface area contributed by atoms with Gasteiger partial charge in [0.25, 0.3) is 0 Å². The lowest BCUT2D eigenvalue weighted by molar-refractivity contribution is -0.136. The summed E-state index contributed by atoms with van der Waals surface area (Å²) in [5.74, 6) is 0.0387. The molecule has 3 rings (SSSR count). The third-order valence-electron chi connectivity index (χ3n) is 5.89. The number of hydrogen-bond donors (Lipinski definition) is 1. The molecule has 0 spiro atoms. The molecule has 2 amide bonds. The number of amides is 2. The van der Waals surface area contributed by atoms with Gasteiger partial charge in [-0.1, -0.05) is 12.1 Å². The van der Waals surface area contributed by atoms with Crippen molar-refractivity contribution in [1.82, 2.24) is 14.7 Å². The third-order valence-corrected chi connectivity index (χ3v) is 5.89. The number of likely N-dealkylation sites (tertiary alicyclic amines) is 1. The number of carbonyl (C=O) groups is 3. The van der Waals surface area contributed by atoms with Gasteiger partial charge in [-0.05, 0) is 45.2 Å². The molecule has 0 saturated carbocycles. The zero-order valence-electron chi connectivity index (χ0n) is 17.5. The minimum absolute atomic E-state index is 0.0674. The Morgan fingerprint density at radius 1 is 0.966 bits per heavy atom. The van der Waals surface area contributed by atoms with Gasteiger partial charge in [0.1, 0.15) is 0 Å². The number of nitrogens with zero attached hydrogens (tertiary/aromatic N) is 3. The molecular formula is C22H32N4O3. The van der Waals surface area contributed by atoms with Crippen molar-refractivity contribution in [2.24, 2.45) is 0 Å². The van der Waals surface area contributed by atoms with Crippen molar-refractivity contribution in [3.05, 3.63) is 29.8 Å².